The van der Waals surface area contributed by atoms with Gasteiger partial charge in [-0.05, 0) is 30.7 Å². The first kappa shape index (κ1) is 22.3. The highest BCUT2D eigenvalue weighted by Gasteiger charge is 2.16. The maximum Gasteiger partial charge on any atom is 0.226 e. The van der Waals surface area contributed by atoms with Gasteiger partial charge >= 0.3 is 0 Å². The van der Waals surface area contributed by atoms with Crippen LogP contribution < -0.4 is 5.32 Å². The van der Waals surface area contributed by atoms with E-state index in [-0.39, 0.29) is 12.3 Å². The fraction of sp³-hybridized carbons (Fsp3) is 0.111. The second-order valence-corrected chi connectivity index (χ2v) is 8.52. The quantitative estimate of drug-likeness (QED) is 0.344. The highest BCUT2D eigenvalue weighted by atomic mass is 32.2. The molecule has 2 aromatic heterocycles. The van der Waals surface area contributed by atoms with Crippen molar-refractivity contribution in [3.63, 3.8) is 0 Å². The maximum absolute atomic E-state index is 12.3. The first-order valence-corrected chi connectivity index (χ1v) is 11.5. The highest BCUT2D eigenvalue weighted by Crippen LogP contribution is 2.34. The van der Waals surface area contributed by atoms with Crippen molar-refractivity contribution in [1.82, 2.24) is 9.97 Å². The van der Waals surface area contributed by atoms with Crippen LogP contribution in [-0.2, 0) is 4.79 Å². The molecule has 33 heavy (non-hydrogen) atoms. The van der Waals surface area contributed by atoms with E-state index in [4.69, 9.17) is 4.98 Å². The van der Waals surface area contributed by atoms with Crippen molar-refractivity contribution in [2.75, 3.05) is 11.1 Å². The summed E-state index contributed by atoms with van der Waals surface area (Å²) in [7, 11) is 0. The van der Waals surface area contributed by atoms with Gasteiger partial charge in [-0.2, -0.15) is 5.26 Å². The summed E-state index contributed by atoms with van der Waals surface area (Å²) >= 11 is 1.42. The van der Waals surface area contributed by atoms with Crippen molar-refractivity contribution in [3.05, 3.63) is 96.2 Å². The van der Waals surface area contributed by atoms with Gasteiger partial charge in [-0.1, -0.05) is 66.2 Å². The van der Waals surface area contributed by atoms with Gasteiger partial charge in [-0.25, -0.2) is 9.97 Å². The zero-order chi connectivity index (χ0) is 23.0. The number of amides is 1. The van der Waals surface area contributed by atoms with E-state index in [1.165, 1.54) is 11.8 Å². The Bertz CT molecular complexity index is 1280. The minimum Gasteiger partial charge on any atom is -0.311 e. The first-order chi connectivity index (χ1) is 16.1. The SMILES string of the molecule is Cc1ccc(-c2cc(-c3ccccc3)nc(SCCC(=O)Nc3ccccn3)c2C#N)cc1. The van der Waals surface area contributed by atoms with E-state index < -0.39 is 0 Å². The molecular weight excluding hydrogens is 428 g/mol. The van der Waals surface area contributed by atoms with Gasteiger partial charge in [-0.15, -0.1) is 11.8 Å². The van der Waals surface area contributed by atoms with E-state index in [9.17, 15) is 10.1 Å². The lowest BCUT2D eigenvalue weighted by molar-refractivity contribution is -0.115. The van der Waals surface area contributed by atoms with Gasteiger partial charge in [0.1, 0.15) is 16.9 Å². The Morgan fingerprint density at radius 3 is 2.45 bits per heavy atom. The zero-order valence-corrected chi connectivity index (χ0v) is 19.0. The molecule has 0 fully saturated rings. The predicted molar refractivity (Wildman–Crippen MR) is 133 cm³/mol. The number of hydrogen-bond acceptors (Lipinski definition) is 5. The number of carbonyl (C=O) groups excluding carboxylic acids is 1. The molecule has 0 aliphatic heterocycles. The summed E-state index contributed by atoms with van der Waals surface area (Å²) in [5, 5.41) is 13.4. The third-order valence-corrected chi connectivity index (χ3v) is 6.01. The molecule has 5 nitrogen and oxygen atoms in total. The average molecular weight is 451 g/mol. The minimum atomic E-state index is -0.127. The van der Waals surface area contributed by atoms with Crippen LogP contribution in [0, 0.1) is 18.3 Å². The summed E-state index contributed by atoms with van der Waals surface area (Å²) in [5.41, 5.74) is 5.26. The molecule has 162 valence electrons. The second-order valence-electron chi connectivity index (χ2n) is 7.44. The van der Waals surface area contributed by atoms with E-state index in [1.54, 1.807) is 18.3 Å². The molecule has 0 unspecified atom stereocenters. The molecule has 0 saturated heterocycles. The Balaban J connectivity index is 1.62. The van der Waals surface area contributed by atoms with Crippen LogP contribution >= 0.6 is 11.8 Å². The summed E-state index contributed by atoms with van der Waals surface area (Å²) in [6, 6.07) is 27.7. The molecule has 0 saturated carbocycles. The maximum atomic E-state index is 12.3. The van der Waals surface area contributed by atoms with Crippen LogP contribution in [0.25, 0.3) is 22.4 Å². The Hall–Kier alpha value is -3.95. The Kier molecular flexibility index (Phi) is 7.13. The van der Waals surface area contributed by atoms with Crippen LogP contribution in [0.3, 0.4) is 0 Å². The smallest absolute Gasteiger partial charge is 0.226 e. The van der Waals surface area contributed by atoms with Gasteiger partial charge in [0.2, 0.25) is 5.91 Å². The molecule has 0 radical (unpaired) electrons. The normalized spacial score (nSPS) is 10.4. The number of nitriles is 1. The summed E-state index contributed by atoms with van der Waals surface area (Å²) in [4.78, 5) is 21.2. The number of aryl methyl sites for hydroxylation is 1. The number of hydrogen-bond donors (Lipinski definition) is 1. The summed E-state index contributed by atoms with van der Waals surface area (Å²) < 4.78 is 0. The lowest BCUT2D eigenvalue weighted by atomic mass is 9.98. The predicted octanol–water partition coefficient (Wildman–Crippen LogP) is 6.11. The van der Waals surface area contributed by atoms with E-state index in [0.717, 1.165) is 27.9 Å². The first-order valence-electron chi connectivity index (χ1n) is 10.6. The number of nitrogens with zero attached hydrogens (tertiary/aromatic N) is 3. The molecule has 4 aromatic rings. The number of aromatic nitrogens is 2. The van der Waals surface area contributed by atoms with Crippen LogP contribution in [0.5, 0.6) is 0 Å². The molecule has 6 heteroatoms. The van der Waals surface area contributed by atoms with E-state index in [2.05, 4.69) is 16.4 Å². The van der Waals surface area contributed by atoms with Gasteiger partial charge in [0.05, 0.1) is 11.3 Å². The van der Waals surface area contributed by atoms with E-state index in [0.29, 0.717) is 22.2 Å². The van der Waals surface area contributed by atoms with Crippen LogP contribution in [0.15, 0.2) is 90.1 Å². The standard InChI is InChI=1S/C27H22N4OS/c1-19-10-12-20(13-11-19)22-17-24(21-7-3-2-4-8-21)30-27(23(22)18-28)33-16-14-26(32)31-25-9-5-6-15-29-25/h2-13,15,17H,14,16H2,1H3,(H,29,31,32). The molecule has 2 heterocycles. The highest BCUT2D eigenvalue weighted by molar-refractivity contribution is 7.99. The van der Waals surface area contributed by atoms with Crippen molar-refractivity contribution in [2.24, 2.45) is 0 Å². The van der Waals surface area contributed by atoms with Crippen molar-refractivity contribution in [2.45, 2.75) is 18.4 Å². The van der Waals surface area contributed by atoms with Gasteiger partial charge < -0.3 is 5.32 Å². The summed E-state index contributed by atoms with van der Waals surface area (Å²) in [6.07, 6.45) is 1.92. The summed E-state index contributed by atoms with van der Waals surface area (Å²) in [6.45, 7) is 2.04. The monoisotopic (exact) mass is 450 g/mol. The van der Waals surface area contributed by atoms with Gasteiger partial charge in [-0.3, -0.25) is 4.79 Å². The van der Waals surface area contributed by atoms with Crippen molar-refractivity contribution >= 4 is 23.5 Å². The van der Waals surface area contributed by atoms with Crippen LogP contribution in [0.4, 0.5) is 5.82 Å². The largest absolute Gasteiger partial charge is 0.311 e. The fourth-order valence-electron chi connectivity index (χ4n) is 3.33. The lowest BCUT2D eigenvalue weighted by Gasteiger charge is -2.13. The van der Waals surface area contributed by atoms with Crippen LogP contribution in [0.2, 0.25) is 0 Å². The fourth-order valence-corrected chi connectivity index (χ4v) is 4.28. The lowest BCUT2D eigenvalue weighted by Crippen LogP contribution is -2.13. The molecule has 0 aliphatic rings. The number of nitrogens with one attached hydrogen (secondary N) is 1. The minimum absolute atomic E-state index is 0.127. The zero-order valence-electron chi connectivity index (χ0n) is 18.2. The number of anilines is 1. The van der Waals surface area contributed by atoms with Gasteiger partial charge in [0, 0.05) is 29.5 Å². The third kappa shape index (κ3) is 5.65. The van der Waals surface area contributed by atoms with Crippen molar-refractivity contribution in [1.29, 1.82) is 5.26 Å². The Labute approximate surface area is 197 Å². The number of benzene rings is 2. The second kappa shape index (κ2) is 10.6. The number of pyridine rings is 2. The van der Waals surface area contributed by atoms with Crippen LogP contribution in [-0.4, -0.2) is 21.6 Å². The molecule has 1 N–H and O–H groups in total. The molecule has 2 aromatic carbocycles. The van der Waals surface area contributed by atoms with E-state index in [1.807, 2.05) is 73.7 Å². The van der Waals surface area contributed by atoms with Crippen molar-refractivity contribution < 1.29 is 4.79 Å². The molecule has 0 spiro atoms. The Morgan fingerprint density at radius 2 is 1.76 bits per heavy atom. The van der Waals surface area contributed by atoms with E-state index >= 15 is 0 Å². The van der Waals surface area contributed by atoms with Gasteiger partial charge in [0.25, 0.3) is 0 Å². The van der Waals surface area contributed by atoms with Crippen LogP contribution in [0.1, 0.15) is 17.5 Å². The number of thioether (sulfide) groups is 1. The number of rotatable bonds is 7. The molecule has 0 bridgehead atoms. The number of carbonyl (C=O) groups is 1. The molecular formula is C27H22N4OS. The topological polar surface area (TPSA) is 78.7 Å². The van der Waals surface area contributed by atoms with Crippen molar-refractivity contribution in [3.8, 4) is 28.5 Å². The molecule has 0 aliphatic carbocycles. The molecule has 4 rings (SSSR count). The third-order valence-electron chi connectivity index (χ3n) is 5.03. The summed E-state index contributed by atoms with van der Waals surface area (Å²) in [5.74, 6) is 0.889. The molecule has 0 atom stereocenters. The average Bonchev–Trinajstić information content (AvgIpc) is 2.85. The molecule has 1 amide bonds. The Morgan fingerprint density at radius 1 is 1.00 bits per heavy atom. The van der Waals surface area contributed by atoms with Gasteiger partial charge in [0.15, 0.2) is 0 Å².